The highest BCUT2D eigenvalue weighted by atomic mass is 16.5. The summed E-state index contributed by atoms with van der Waals surface area (Å²) < 4.78 is 5.09. The van der Waals surface area contributed by atoms with Crippen molar-refractivity contribution >= 4 is 11.6 Å². The van der Waals surface area contributed by atoms with Crippen LogP contribution in [0.25, 0.3) is 0 Å². The van der Waals surface area contributed by atoms with Crippen LogP contribution >= 0.6 is 0 Å². The van der Waals surface area contributed by atoms with Crippen molar-refractivity contribution in [3.63, 3.8) is 0 Å². The Bertz CT molecular complexity index is 487. The molecule has 0 unspecified atom stereocenters. The number of methoxy groups -OCH3 is 1. The first kappa shape index (κ1) is 21.3. The van der Waals surface area contributed by atoms with Gasteiger partial charge in [0.2, 0.25) is 0 Å². The van der Waals surface area contributed by atoms with Gasteiger partial charge in [0.1, 0.15) is 0 Å². The van der Waals surface area contributed by atoms with E-state index in [1.807, 2.05) is 14.1 Å². The molecule has 6 heteroatoms. The number of nitrogens with one attached hydrogen (secondary N) is 2. The Morgan fingerprint density at radius 1 is 1.08 bits per heavy atom. The molecule has 25 heavy (non-hydrogen) atoms. The standard InChI is InChI=1S/C19H35N5O/c1-6-20-19(21-12-14-24(4)13-7-15-25-5)22-16-17-8-10-18(11-9-17)23(2)3/h8-11H,6-7,12-16H2,1-5H3,(H2,20,21,22). The zero-order valence-corrected chi connectivity index (χ0v) is 16.5. The molecule has 0 bridgehead atoms. The number of hydrogen-bond acceptors (Lipinski definition) is 4. The van der Waals surface area contributed by atoms with Gasteiger partial charge in [-0.05, 0) is 38.1 Å². The summed E-state index contributed by atoms with van der Waals surface area (Å²) in [6, 6.07) is 8.51. The van der Waals surface area contributed by atoms with Gasteiger partial charge in [0.25, 0.3) is 0 Å². The van der Waals surface area contributed by atoms with Gasteiger partial charge in [0.15, 0.2) is 5.96 Å². The van der Waals surface area contributed by atoms with E-state index in [0.717, 1.165) is 45.2 Å². The molecule has 142 valence electrons. The molecule has 0 fully saturated rings. The summed E-state index contributed by atoms with van der Waals surface area (Å²) in [5.41, 5.74) is 2.41. The predicted molar refractivity (Wildman–Crippen MR) is 108 cm³/mol. The Morgan fingerprint density at radius 3 is 2.40 bits per heavy atom. The fourth-order valence-corrected chi connectivity index (χ4v) is 2.37. The smallest absolute Gasteiger partial charge is 0.191 e. The van der Waals surface area contributed by atoms with E-state index in [1.54, 1.807) is 7.11 Å². The van der Waals surface area contributed by atoms with Crippen LogP contribution in [0.1, 0.15) is 18.9 Å². The van der Waals surface area contributed by atoms with Crippen LogP contribution in [0.15, 0.2) is 29.3 Å². The average Bonchev–Trinajstić information content (AvgIpc) is 2.60. The molecule has 0 radical (unpaired) electrons. The highest BCUT2D eigenvalue weighted by Crippen LogP contribution is 2.12. The summed E-state index contributed by atoms with van der Waals surface area (Å²) in [6.45, 7) is 7.32. The molecule has 0 aromatic heterocycles. The molecule has 1 aromatic carbocycles. The zero-order valence-electron chi connectivity index (χ0n) is 16.5. The second-order valence-electron chi connectivity index (χ2n) is 6.33. The maximum atomic E-state index is 5.09. The van der Waals surface area contributed by atoms with E-state index in [9.17, 15) is 0 Å². The summed E-state index contributed by atoms with van der Waals surface area (Å²) >= 11 is 0. The predicted octanol–water partition coefficient (Wildman–Crippen LogP) is 1.78. The van der Waals surface area contributed by atoms with E-state index in [-0.39, 0.29) is 0 Å². The molecule has 0 atom stereocenters. The van der Waals surface area contributed by atoms with E-state index < -0.39 is 0 Å². The number of ether oxygens (including phenoxy) is 1. The van der Waals surface area contributed by atoms with Crippen molar-refractivity contribution < 1.29 is 4.74 Å². The summed E-state index contributed by atoms with van der Waals surface area (Å²) in [6.07, 6.45) is 1.06. The van der Waals surface area contributed by atoms with Crippen molar-refractivity contribution in [2.75, 3.05) is 65.9 Å². The SMILES string of the molecule is CCNC(=NCc1ccc(N(C)C)cc1)NCCN(C)CCCOC. The van der Waals surface area contributed by atoms with Gasteiger partial charge in [-0.15, -0.1) is 0 Å². The van der Waals surface area contributed by atoms with E-state index in [4.69, 9.17) is 4.74 Å². The summed E-state index contributed by atoms with van der Waals surface area (Å²) in [7, 11) is 7.97. The number of guanidine groups is 1. The fourth-order valence-electron chi connectivity index (χ4n) is 2.37. The Balaban J connectivity index is 2.42. The molecule has 1 aromatic rings. The highest BCUT2D eigenvalue weighted by molar-refractivity contribution is 5.79. The number of benzene rings is 1. The normalized spacial score (nSPS) is 11.7. The molecular weight excluding hydrogens is 314 g/mol. The Hall–Kier alpha value is -1.79. The van der Waals surface area contributed by atoms with Gasteiger partial charge in [-0.25, -0.2) is 4.99 Å². The molecule has 0 amide bonds. The minimum Gasteiger partial charge on any atom is -0.385 e. The van der Waals surface area contributed by atoms with Crippen molar-refractivity contribution in [3.05, 3.63) is 29.8 Å². The maximum absolute atomic E-state index is 5.09. The van der Waals surface area contributed by atoms with Crippen LogP contribution in [0, 0.1) is 0 Å². The van der Waals surface area contributed by atoms with E-state index in [0.29, 0.717) is 6.54 Å². The number of rotatable bonds is 11. The number of hydrogen-bond donors (Lipinski definition) is 2. The van der Waals surface area contributed by atoms with Crippen LogP contribution in [-0.4, -0.2) is 71.9 Å². The first-order valence-electron chi connectivity index (χ1n) is 9.02. The lowest BCUT2D eigenvalue weighted by Crippen LogP contribution is -2.41. The van der Waals surface area contributed by atoms with Gasteiger partial charge in [0, 0.05) is 59.7 Å². The molecule has 0 aliphatic heterocycles. The van der Waals surface area contributed by atoms with Crippen LogP contribution in [0.3, 0.4) is 0 Å². The van der Waals surface area contributed by atoms with Gasteiger partial charge in [-0.2, -0.15) is 0 Å². The van der Waals surface area contributed by atoms with Gasteiger partial charge >= 0.3 is 0 Å². The quantitative estimate of drug-likeness (QED) is 0.362. The highest BCUT2D eigenvalue weighted by Gasteiger charge is 2.01. The molecular formula is C19H35N5O. The largest absolute Gasteiger partial charge is 0.385 e. The molecule has 0 saturated carbocycles. The van der Waals surface area contributed by atoms with Crippen molar-refractivity contribution in [3.8, 4) is 0 Å². The van der Waals surface area contributed by atoms with Crippen LogP contribution < -0.4 is 15.5 Å². The third kappa shape index (κ3) is 9.31. The Labute approximate surface area is 153 Å². The van der Waals surface area contributed by atoms with Crippen LogP contribution in [0.2, 0.25) is 0 Å². The lowest BCUT2D eigenvalue weighted by Gasteiger charge is -2.18. The third-order valence-electron chi connectivity index (χ3n) is 3.89. The summed E-state index contributed by atoms with van der Waals surface area (Å²) in [5.74, 6) is 0.865. The molecule has 0 aliphatic rings. The van der Waals surface area contributed by atoms with Crippen molar-refractivity contribution in [2.24, 2.45) is 4.99 Å². The van der Waals surface area contributed by atoms with E-state index in [1.165, 1.54) is 11.3 Å². The lowest BCUT2D eigenvalue weighted by molar-refractivity contribution is 0.180. The molecule has 2 N–H and O–H groups in total. The third-order valence-corrected chi connectivity index (χ3v) is 3.89. The maximum Gasteiger partial charge on any atom is 0.191 e. The lowest BCUT2D eigenvalue weighted by atomic mass is 10.2. The number of likely N-dealkylation sites (N-methyl/N-ethyl adjacent to an activating group) is 1. The van der Waals surface area contributed by atoms with Gasteiger partial charge in [-0.1, -0.05) is 12.1 Å². The zero-order chi connectivity index (χ0) is 18.5. The fraction of sp³-hybridized carbons (Fsp3) is 0.632. The summed E-state index contributed by atoms with van der Waals surface area (Å²) in [4.78, 5) is 9.07. The minimum atomic E-state index is 0.673. The van der Waals surface area contributed by atoms with Crippen molar-refractivity contribution in [1.29, 1.82) is 0 Å². The number of anilines is 1. The molecule has 0 saturated heterocycles. The van der Waals surface area contributed by atoms with Gasteiger partial charge < -0.3 is 25.2 Å². The van der Waals surface area contributed by atoms with Gasteiger partial charge in [0.05, 0.1) is 6.54 Å². The topological polar surface area (TPSA) is 52.1 Å². The van der Waals surface area contributed by atoms with Crippen molar-refractivity contribution in [2.45, 2.75) is 19.9 Å². The van der Waals surface area contributed by atoms with Crippen LogP contribution in [0.4, 0.5) is 5.69 Å². The summed E-state index contributed by atoms with van der Waals surface area (Å²) in [5, 5.41) is 6.70. The first-order valence-corrected chi connectivity index (χ1v) is 9.02. The van der Waals surface area contributed by atoms with Crippen LogP contribution in [0.5, 0.6) is 0 Å². The second kappa shape index (κ2) is 12.6. The minimum absolute atomic E-state index is 0.673. The van der Waals surface area contributed by atoms with Gasteiger partial charge in [-0.3, -0.25) is 0 Å². The molecule has 0 spiro atoms. The average molecular weight is 350 g/mol. The first-order chi connectivity index (χ1) is 12.1. The Morgan fingerprint density at radius 2 is 1.80 bits per heavy atom. The molecule has 0 heterocycles. The molecule has 0 aliphatic carbocycles. The van der Waals surface area contributed by atoms with Crippen molar-refractivity contribution in [1.82, 2.24) is 15.5 Å². The van der Waals surface area contributed by atoms with E-state index in [2.05, 4.69) is 63.7 Å². The monoisotopic (exact) mass is 349 g/mol. The van der Waals surface area contributed by atoms with E-state index >= 15 is 0 Å². The second-order valence-corrected chi connectivity index (χ2v) is 6.33. The molecule has 1 rings (SSSR count). The molecule has 6 nitrogen and oxygen atoms in total. The Kier molecular flexibility index (Phi) is 10.7. The number of nitrogens with zero attached hydrogens (tertiary/aromatic N) is 3. The van der Waals surface area contributed by atoms with Crippen LogP contribution in [-0.2, 0) is 11.3 Å². The number of aliphatic imine (C=N–C) groups is 1.